The molecule has 0 radical (unpaired) electrons. The molecule has 0 amide bonds. The molecule has 2 aromatic heterocycles. The average Bonchev–Trinajstić information content (AvgIpc) is 3.06. The number of carbonyl (C=O) groups excluding carboxylic acids is 1. The van der Waals surface area contributed by atoms with Crippen LogP contribution in [-0.4, -0.2) is 30.3 Å². The van der Waals surface area contributed by atoms with Crippen LogP contribution >= 0.6 is 15.9 Å². The first-order valence-electron chi connectivity index (χ1n) is 7.26. The van der Waals surface area contributed by atoms with Gasteiger partial charge in [-0.2, -0.15) is 0 Å². The summed E-state index contributed by atoms with van der Waals surface area (Å²) in [7, 11) is 1.49. The van der Waals surface area contributed by atoms with Gasteiger partial charge in [0, 0.05) is 5.39 Å². The third-order valence-electron chi connectivity index (χ3n) is 3.41. The monoisotopic (exact) mass is 403 g/mol. The number of pyridine rings is 1. The van der Waals surface area contributed by atoms with Crippen molar-refractivity contribution in [3.63, 3.8) is 0 Å². The summed E-state index contributed by atoms with van der Waals surface area (Å²) in [5.41, 5.74) is 7.28. The molecule has 8 heteroatoms. The highest BCUT2D eigenvalue weighted by atomic mass is 79.9. The SMILES string of the molecule is COc1nc(C(N)=NOCC(=O)c2coc3ccccc23)ccc1Br. The number of carbonyl (C=O) groups is 1. The Balaban J connectivity index is 1.69. The number of aromatic nitrogens is 1. The minimum absolute atomic E-state index is 0.0376. The number of oxime groups is 1. The van der Waals surface area contributed by atoms with Crippen molar-refractivity contribution in [2.45, 2.75) is 0 Å². The Kier molecular flexibility index (Phi) is 4.99. The van der Waals surface area contributed by atoms with Gasteiger partial charge in [0.05, 0.1) is 17.1 Å². The van der Waals surface area contributed by atoms with E-state index in [1.54, 1.807) is 18.2 Å². The number of methoxy groups -OCH3 is 1. The lowest BCUT2D eigenvalue weighted by Crippen LogP contribution is -2.17. The third-order valence-corrected chi connectivity index (χ3v) is 4.01. The average molecular weight is 404 g/mol. The van der Waals surface area contributed by atoms with Gasteiger partial charge in [-0.1, -0.05) is 23.4 Å². The molecule has 2 N–H and O–H groups in total. The van der Waals surface area contributed by atoms with Gasteiger partial charge in [0.2, 0.25) is 11.7 Å². The molecule has 0 aliphatic rings. The molecule has 0 unspecified atom stereocenters. The lowest BCUT2D eigenvalue weighted by Gasteiger charge is -2.05. The molecule has 0 saturated carbocycles. The maximum atomic E-state index is 12.2. The van der Waals surface area contributed by atoms with Gasteiger partial charge in [-0.3, -0.25) is 4.79 Å². The number of amidine groups is 1. The molecular formula is C17H14BrN3O4. The minimum atomic E-state index is -0.266. The Bertz CT molecular complexity index is 952. The second-order valence-electron chi connectivity index (χ2n) is 5.01. The van der Waals surface area contributed by atoms with Crippen LogP contribution in [0.15, 0.2) is 56.7 Å². The van der Waals surface area contributed by atoms with Crippen LogP contribution in [-0.2, 0) is 4.84 Å². The van der Waals surface area contributed by atoms with Gasteiger partial charge >= 0.3 is 0 Å². The maximum absolute atomic E-state index is 12.2. The fraction of sp³-hybridized carbons (Fsp3) is 0.118. The lowest BCUT2D eigenvalue weighted by molar-refractivity contribution is 0.0776. The summed E-state index contributed by atoms with van der Waals surface area (Å²) in [5, 5.41) is 4.47. The number of nitrogens with two attached hydrogens (primary N) is 1. The number of para-hydroxylation sites is 1. The molecule has 0 saturated heterocycles. The first kappa shape index (κ1) is 17.0. The van der Waals surface area contributed by atoms with E-state index in [1.807, 2.05) is 18.2 Å². The highest BCUT2D eigenvalue weighted by Gasteiger charge is 2.14. The molecule has 7 nitrogen and oxygen atoms in total. The largest absolute Gasteiger partial charge is 0.480 e. The summed E-state index contributed by atoms with van der Waals surface area (Å²) in [6.07, 6.45) is 1.41. The van der Waals surface area contributed by atoms with E-state index in [9.17, 15) is 4.79 Å². The van der Waals surface area contributed by atoms with E-state index >= 15 is 0 Å². The number of halogens is 1. The Morgan fingerprint density at radius 2 is 2.12 bits per heavy atom. The normalized spacial score (nSPS) is 11.5. The van der Waals surface area contributed by atoms with Crippen LogP contribution < -0.4 is 10.5 Å². The van der Waals surface area contributed by atoms with Crippen LogP contribution in [0, 0.1) is 0 Å². The number of furan rings is 1. The number of ketones is 1. The molecule has 3 aromatic rings. The molecule has 0 aliphatic heterocycles. The van der Waals surface area contributed by atoms with E-state index in [-0.39, 0.29) is 18.2 Å². The van der Waals surface area contributed by atoms with E-state index in [0.29, 0.717) is 27.2 Å². The molecule has 2 heterocycles. The van der Waals surface area contributed by atoms with Crippen LogP contribution in [0.3, 0.4) is 0 Å². The molecule has 1 aromatic carbocycles. The fourth-order valence-electron chi connectivity index (χ4n) is 2.19. The minimum Gasteiger partial charge on any atom is -0.480 e. The van der Waals surface area contributed by atoms with Crippen molar-refractivity contribution >= 4 is 38.5 Å². The maximum Gasteiger partial charge on any atom is 0.228 e. The number of Topliss-reactive ketones (excluding diaryl/α,β-unsaturated/α-hetero) is 1. The molecule has 25 heavy (non-hydrogen) atoms. The number of nitrogens with zero attached hydrogens (tertiary/aromatic N) is 2. The summed E-state index contributed by atoms with van der Waals surface area (Å²) in [6.45, 7) is -0.266. The fourth-order valence-corrected chi connectivity index (χ4v) is 2.57. The predicted octanol–water partition coefficient (Wildman–Crippen LogP) is 3.12. The predicted molar refractivity (Wildman–Crippen MR) is 95.7 cm³/mol. The van der Waals surface area contributed by atoms with Crippen molar-refractivity contribution in [2.24, 2.45) is 10.9 Å². The van der Waals surface area contributed by atoms with Crippen LogP contribution in [0.5, 0.6) is 5.88 Å². The second-order valence-corrected chi connectivity index (χ2v) is 5.86. The second kappa shape index (κ2) is 7.35. The van der Waals surface area contributed by atoms with Crippen LogP contribution in [0.2, 0.25) is 0 Å². The molecule has 0 atom stereocenters. The smallest absolute Gasteiger partial charge is 0.228 e. The van der Waals surface area contributed by atoms with Gasteiger partial charge in [0.25, 0.3) is 0 Å². The molecule has 0 spiro atoms. The van der Waals surface area contributed by atoms with E-state index in [2.05, 4.69) is 26.1 Å². The summed E-state index contributed by atoms with van der Waals surface area (Å²) in [5.74, 6) is 0.148. The van der Waals surface area contributed by atoms with Crippen molar-refractivity contribution < 1.29 is 18.8 Å². The van der Waals surface area contributed by atoms with Gasteiger partial charge in [-0.05, 0) is 34.1 Å². The van der Waals surface area contributed by atoms with Gasteiger partial charge in [-0.15, -0.1) is 0 Å². The molecule has 0 bridgehead atoms. The molecule has 0 aliphatic carbocycles. The molecule has 0 fully saturated rings. The van der Waals surface area contributed by atoms with Gasteiger partial charge in [0.1, 0.15) is 17.5 Å². The van der Waals surface area contributed by atoms with Crippen LogP contribution in [0.25, 0.3) is 11.0 Å². The zero-order valence-corrected chi connectivity index (χ0v) is 14.8. The van der Waals surface area contributed by atoms with Crippen molar-refractivity contribution in [2.75, 3.05) is 13.7 Å². The zero-order valence-electron chi connectivity index (χ0n) is 13.2. The Morgan fingerprint density at radius 3 is 2.92 bits per heavy atom. The summed E-state index contributed by atoms with van der Waals surface area (Å²) >= 11 is 3.30. The van der Waals surface area contributed by atoms with E-state index < -0.39 is 0 Å². The number of ether oxygens (including phenoxy) is 1. The Hall–Kier alpha value is -2.87. The molecule has 128 valence electrons. The standard InChI is InChI=1S/C17H14BrN3O4/c1-23-17-12(18)6-7-13(20-17)16(19)21-25-9-14(22)11-8-24-15-5-3-2-4-10(11)15/h2-8H,9H2,1H3,(H2,19,21). The van der Waals surface area contributed by atoms with E-state index in [0.717, 1.165) is 5.39 Å². The lowest BCUT2D eigenvalue weighted by atomic mass is 10.1. The van der Waals surface area contributed by atoms with Crippen molar-refractivity contribution in [1.29, 1.82) is 0 Å². The first-order valence-corrected chi connectivity index (χ1v) is 8.05. The zero-order chi connectivity index (χ0) is 17.8. The highest BCUT2D eigenvalue weighted by molar-refractivity contribution is 9.10. The third kappa shape index (κ3) is 3.63. The summed E-state index contributed by atoms with van der Waals surface area (Å²) < 4.78 is 11.1. The number of hydrogen-bond donors (Lipinski definition) is 1. The van der Waals surface area contributed by atoms with Crippen molar-refractivity contribution in [3.05, 3.63) is 58.4 Å². The number of rotatable bonds is 6. The van der Waals surface area contributed by atoms with Crippen LogP contribution in [0.1, 0.15) is 16.1 Å². The molecule has 3 rings (SSSR count). The van der Waals surface area contributed by atoms with Gasteiger partial charge in [-0.25, -0.2) is 4.98 Å². The number of hydrogen-bond acceptors (Lipinski definition) is 6. The highest BCUT2D eigenvalue weighted by Crippen LogP contribution is 2.22. The van der Waals surface area contributed by atoms with Crippen molar-refractivity contribution in [3.8, 4) is 5.88 Å². The topological polar surface area (TPSA) is 99.9 Å². The van der Waals surface area contributed by atoms with E-state index in [4.69, 9.17) is 19.7 Å². The Labute approximate surface area is 151 Å². The van der Waals surface area contributed by atoms with Crippen LogP contribution in [0.4, 0.5) is 0 Å². The number of fused-ring (bicyclic) bond motifs is 1. The van der Waals surface area contributed by atoms with Crippen molar-refractivity contribution in [1.82, 2.24) is 4.98 Å². The quantitative estimate of drug-likeness (QED) is 0.293. The first-order chi connectivity index (χ1) is 12.1. The summed E-state index contributed by atoms with van der Waals surface area (Å²) in [6, 6.07) is 10.6. The Morgan fingerprint density at radius 1 is 1.32 bits per heavy atom. The van der Waals surface area contributed by atoms with Gasteiger partial charge in [0.15, 0.2) is 12.4 Å². The molecular weight excluding hydrogens is 390 g/mol. The van der Waals surface area contributed by atoms with E-state index in [1.165, 1.54) is 13.4 Å². The summed E-state index contributed by atoms with van der Waals surface area (Å²) in [4.78, 5) is 21.5. The number of benzene rings is 1. The van der Waals surface area contributed by atoms with Gasteiger partial charge < -0.3 is 19.7 Å².